The number of hydrogen-bond donors (Lipinski definition) is 0. The molecule has 0 atom stereocenters. The van der Waals surface area contributed by atoms with Crippen molar-refractivity contribution in [3.05, 3.63) is 114 Å². The van der Waals surface area contributed by atoms with Crippen molar-refractivity contribution in [1.29, 1.82) is 0 Å². The summed E-state index contributed by atoms with van der Waals surface area (Å²) in [5.74, 6) is 0. The zero-order valence-electron chi connectivity index (χ0n) is 26.2. The molecule has 37 heavy (non-hydrogen) atoms. The van der Waals surface area contributed by atoms with Crippen molar-refractivity contribution in [2.24, 2.45) is 5.41 Å². The van der Waals surface area contributed by atoms with Crippen LogP contribution >= 0.6 is 0 Å². The van der Waals surface area contributed by atoms with E-state index in [0.717, 1.165) is 33.0 Å². The first kappa shape index (κ1) is 18.1. The maximum absolute atomic E-state index is 8.94. The highest BCUT2D eigenvalue weighted by Crippen LogP contribution is 2.42. The van der Waals surface area contributed by atoms with Gasteiger partial charge in [0.15, 0.2) is 0 Å². The lowest BCUT2D eigenvalue weighted by atomic mass is 9.85. The SMILES string of the molecule is [2H]C([2H])([2H])c1c(C([2H])([2H])C(C)(C)C)ccnc1-c1ccc(-c2ccc(-c3ccccc3)cc2)c2c1oc1ccccc12. The molecule has 182 valence electrons. The fraction of sp³-hybridized carbons (Fsp3) is 0.171. The molecule has 0 spiro atoms. The molecule has 6 aromatic rings. The molecule has 0 aliphatic carbocycles. The molecule has 2 aromatic heterocycles. The van der Waals surface area contributed by atoms with E-state index in [-0.39, 0.29) is 16.8 Å². The molecule has 0 aliphatic heterocycles. The molecule has 2 heteroatoms. The standard InChI is InChI=1S/C35H31NO/c1-23-27(22-35(2,3)4)20-21-36-33(23)30-19-18-28(32-29-12-8-9-13-31(29)37-34(30)32)26-16-14-25(15-17-26)24-10-6-5-7-11-24/h5-21H,22H2,1-4H3/i1D3,22D2. The molecule has 0 bridgehead atoms. The number of nitrogens with zero attached hydrogens (tertiary/aromatic N) is 1. The number of hydrogen-bond acceptors (Lipinski definition) is 2. The minimum Gasteiger partial charge on any atom is -0.455 e. The maximum atomic E-state index is 8.94. The van der Waals surface area contributed by atoms with E-state index >= 15 is 0 Å². The molecule has 0 fully saturated rings. The van der Waals surface area contributed by atoms with Crippen LogP contribution in [0.5, 0.6) is 0 Å². The first-order valence-electron chi connectivity index (χ1n) is 15.0. The summed E-state index contributed by atoms with van der Waals surface area (Å²) in [6.07, 6.45) is -0.434. The molecule has 0 amide bonds. The molecule has 0 N–H and O–H groups in total. The minimum atomic E-state index is -2.61. The van der Waals surface area contributed by atoms with Crippen molar-refractivity contribution in [3.63, 3.8) is 0 Å². The first-order chi connectivity index (χ1) is 19.9. The fourth-order valence-electron chi connectivity index (χ4n) is 4.90. The number of fused-ring (bicyclic) bond motifs is 3. The zero-order valence-corrected chi connectivity index (χ0v) is 21.2. The van der Waals surface area contributed by atoms with Gasteiger partial charge in [-0.25, -0.2) is 0 Å². The van der Waals surface area contributed by atoms with Crippen LogP contribution in [0.1, 0.15) is 38.8 Å². The first-order valence-corrected chi connectivity index (χ1v) is 12.5. The minimum absolute atomic E-state index is 0.0911. The molecule has 2 nitrogen and oxygen atoms in total. The van der Waals surface area contributed by atoms with Gasteiger partial charge < -0.3 is 4.42 Å². The predicted molar refractivity (Wildman–Crippen MR) is 156 cm³/mol. The third-order valence-corrected chi connectivity index (χ3v) is 6.54. The number of furan rings is 1. The molecule has 0 saturated heterocycles. The second kappa shape index (κ2) is 9.05. The van der Waals surface area contributed by atoms with Gasteiger partial charge in [-0.1, -0.05) is 99.6 Å². The Balaban J connectivity index is 1.61. The summed E-state index contributed by atoms with van der Waals surface area (Å²) < 4.78 is 49.7. The van der Waals surface area contributed by atoms with E-state index in [0.29, 0.717) is 16.7 Å². The van der Waals surface area contributed by atoms with Crippen LogP contribution in [-0.2, 0) is 6.37 Å². The third-order valence-electron chi connectivity index (χ3n) is 6.54. The molecule has 2 heterocycles. The largest absolute Gasteiger partial charge is 0.455 e. The van der Waals surface area contributed by atoms with Crippen LogP contribution in [0.15, 0.2) is 108 Å². The van der Waals surface area contributed by atoms with E-state index in [1.165, 1.54) is 12.3 Å². The van der Waals surface area contributed by atoms with Gasteiger partial charge in [0.2, 0.25) is 0 Å². The number of aromatic nitrogens is 1. The van der Waals surface area contributed by atoms with Crippen molar-refractivity contribution in [1.82, 2.24) is 4.98 Å². The number of rotatable bonds is 4. The Hall–Kier alpha value is -4.17. The van der Waals surface area contributed by atoms with Gasteiger partial charge in [0.1, 0.15) is 11.2 Å². The quantitative estimate of drug-likeness (QED) is 0.248. The third kappa shape index (κ3) is 4.34. The van der Waals surface area contributed by atoms with Gasteiger partial charge in [-0.2, -0.15) is 0 Å². The Morgan fingerprint density at radius 1 is 0.757 bits per heavy atom. The lowest BCUT2D eigenvalue weighted by Crippen LogP contribution is -2.11. The second-order valence-corrected chi connectivity index (χ2v) is 10.4. The Labute approximate surface area is 225 Å². The van der Waals surface area contributed by atoms with Gasteiger partial charge >= 0.3 is 0 Å². The van der Waals surface area contributed by atoms with E-state index in [2.05, 4.69) is 41.4 Å². The number of benzene rings is 4. The number of pyridine rings is 1. The Kier molecular flexibility index (Phi) is 4.43. The molecule has 0 saturated carbocycles. The highest BCUT2D eigenvalue weighted by molar-refractivity contribution is 6.16. The maximum Gasteiger partial charge on any atom is 0.145 e. The lowest BCUT2D eigenvalue weighted by Gasteiger charge is -2.20. The van der Waals surface area contributed by atoms with Gasteiger partial charge in [-0.05, 0) is 70.2 Å². The van der Waals surface area contributed by atoms with Crippen LogP contribution in [-0.4, -0.2) is 4.98 Å². The molecular formula is C35H31NO. The highest BCUT2D eigenvalue weighted by Gasteiger charge is 2.21. The van der Waals surface area contributed by atoms with Crippen molar-refractivity contribution < 1.29 is 11.3 Å². The summed E-state index contributed by atoms with van der Waals surface area (Å²) >= 11 is 0. The van der Waals surface area contributed by atoms with E-state index in [4.69, 9.17) is 11.3 Å². The van der Waals surface area contributed by atoms with Crippen LogP contribution in [0.2, 0.25) is 0 Å². The topological polar surface area (TPSA) is 26.0 Å². The smallest absolute Gasteiger partial charge is 0.145 e. The molecule has 0 radical (unpaired) electrons. The zero-order chi connectivity index (χ0) is 29.9. The predicted octanol–water partition coefficient (Wildman–Crippen LogP) is 9.88. The number of para-hydroxylation sites is 1. The summed E-state index contributed by atoms with van der Waals surface area (Å²) in [5.41, 5.74) is 5.30. The summed E-state index contributed by atoms with van der Waals surface area (Å²) in [7, 11) is 0. The molecule has 0 unspecified atom stereocenters. The van der Waals surface area contributed by atoms with Crippen LogP contribution in [0.25, 0.3) is 55.4 Å². The van der Waals surface area contributed by atoms with Crippen molar-refractivity contribution in [2.75, 3.05) is 0 Å². The van der Waals surface area contributed by atoms with E-state index in [1.807, 2.05) is 54.6 Å². The van der Waals surface area contributed by atoms with Crippen LogP contribution in [0, 0.1) is 12.3 Å². The summed E-state index contributed by atoms with van der Waals surface area (Å²) in [4.78, 5) is 4.55. The van der Waals surface area contributed by atoms with E-state index in [9.17, 15) is 0 Å². The summed E-state index contributed by atoms with van der Waals surface area (Å²) in [6.45, 7) is 2.70. The van der Waals surface area contributed by atoms with Crippen LogP contribution in [0.4, 0.5) is 0 Å². The Morgan fingerprint density at radius 2 is 1.43 bits per heavy atom. The average molecular weight is 487 g/mol. The molecule has 6 rings (SSSR count). The van der Waals surface area contributed by atoms with Gasteiger partial charge in [0.25, 0.3) is 0 Å². The van der Waals surface area contributed by atoms with Crippen LogP contribution < -0.4 is 0 Å². The van der Waals surface area contributed by atoms with E-state index in [1.54, 1.807) is 20.8 Å². The normalized spacial score (nSPS) is 14.6. The summed E-state index contributed by atoms with van der Waals surface area (Å²) in [5, 5.41) is 1.77. The molecule has 4 aromatic carbocycles. The highest BCUT2D eigenvalue weighted by atomic mass is 16.3. The molecular weight excluding hydrogens is 450 g/mol. The van der Waals surface area contributed by atoms with Crippen molar-refractivity contribution in [3.8, 4) is 33.5 Å². The van der Waals surface area contributed by atoms with Crippen molar-refractivity contribution >= 4 is 21.9 Å². The van der Waals surface area contributed by atoms with Crippen LogP contribution in [0.3, 0.4) is 0 Å². The van der Waals surface area contributed by atoms with Gasteiger partial charge in [-0.3, -0.25) is 4.98 Å². The second-order valence-electron chi connectivity index (χ2n) is 10.4. The van der Waals surface area contributed by atoms with Crippen molar-refractivity contribution in [2.45, 2.75) is 34.0 Å². The summed E-state index contributed by atoms with van der Waals surface area (Å²) in [6, 6.07) is 31.6. The van der Waals surface area contributed by atoms with Gasteiger partial charge in [-0.15, -0.1) is 0 Å². The lowest BCUT2D eigenvalue weighted by molar-refractivity contribution is 0.410. The Morgan fingerprint density at radius 3 is 2.19 bits per heavy atom. The van der Waals surface area contributed by atoms with E-state index < -0.39 is 18.6 Å². The Bertz CT molecular complexity index is 1910. The fourth-order valence-corrected chi connectivity index (χ4v) is 4.90. The monoisotopic (exact) mass is 486 g/mol. The molecule has 0 aliphatic rings. The average Bonchev–Trinajstić information content (AvgIpc) is 3.36. The van der Waals surface area contributed by atoms with Gasteiger partial charge in [0, 0.05) is 29.4 Å². The van der Waals surface area contributed by atoms with Gasteiger partial charge in [0.05, 0.1) is 5.69 Å².